The van der Waals surface area contributed by atoms with Crippen LogP contribution in [0.3, 0.4) is 0 Å². The molecular formula is C45H52N2O14S. The van der Waals surface area contributed by atoms with Gasteiger partial charge in [-0.1, -0.05) is 78.9 Å². The lowest BCUT2D eigenvalue weighted by Crippen LogP contribution is -2.61. The molecule has 2 aliphatic rings. The van der Waals surface area contributed by atoms with E-state index >= 15 is 0 Å². The van der Waals surface area contributed by atoms with E-state index in [1.54, 1.807) is 51.1 Å². The molecule has 0 bridgehead atoms. The van der Waals surface area contributed by atoms with Crippen LogP contribution in [0.2, 0.25) is 0 Å². The topological polar surface area (TPSA) is 208 Å². The van der Waals surface area contributed by atoms with Crippen LogP contribution in [0.4, 0.5) is 4.79 Å². The summed E-state index contributed by atoms with van der Waals surface area (Å²) in [6.45, 7) is 9.13. The van der Waals surface area contributed by atoms with Gasteiger partial charge in [0.25, 0.3) is 0 Å². The summed E-state index contributed by atoms with van der Waals surface area (Å²) in [6.07, 6.45) is -6.74. The van der Waals surface area contributed by atoms with Crippen molar-refractivity contribution in [3.63, 3.8) is 0 Å². The number of carbonyl (C=O) groups is 7. The average molecular weight is 877 g/mol. The summed E-state index contributed by atoms with van der Waals surface area (Å²) in [5, 5.41) is 5.51. The molecule has 0 unspecified atom stereocenters. The number of alkyl carbamates (subject to hydrolysis) is 1. The normalized spacial score (nSPS) is 20.2. The Hall–Kier alpha value is -5.94. The monoisotopic (exact) mass is 876 g/mol. The van der Waals surface area contributed by atoms with Crippen molar-refractivity contribution in [2.45, 2.75) is 108 Å². The van der Waals surface area contributed by atoms with Gasteiger partial charge in [-0.25, -0.2) is 4.79 Å². The van der Waals surface area contributed by atoms with Gasteiger partial charge >= 0.3 is 35.9 Å². The predicted octanol–water partition coefficient (Wildman–Crippen LogP) is 5.30. The Balaban J connectivity index is 1.38. The van der Waals surface area contributed by atoms with Crippen LogP contribution in [-0.2, 0) is 61.9 Å². The molecule has 1 aliphatic heterocycles. The van der Waals surface area contributed by atoms with Gasteiger partial charge in [-0.05, 0) is 48.6 Å². The van der Waals surface area contributed by atoms with Gasteiger partial charge in [-0.3, -0.25) is 28.8 Å². The Kier molecular flexibility index (Phi) is 16.1. The Morgan fingerprint density at radius 3 is 1.77 bits per heavy atom. The number of nitrogens with one attached hydrogen (secondary N) is 2. The Morgan fingerprint density at radius 2 is 1.21 bits per heavy atom. The summed E-state index contributed by atoms with van der Waals surface area (Å²) in [7, 11) is 0. The first-order valence-corrected chi connectivity index (χ1v) is 21.1. The minimum Gasteiger partial charge on any atom is -0.463 e. The first kappa shape index (κ1) is 47.1. The molecule has 2 N–H and O–H groups in total. The van der Waals surface area contributed by atoms with E-state index < -0.39 is 102 Å². The van der Waals surface area contributed by atoms with E-state index in [0.717, 1.165) is 54.8 Å². The molecule has 1 saturated heterocycles. The summed E-state index contributed by atoms with van der Waals surface area (Å²) in [4.78, 5) is 89.8. The third-order valence-corrected chi connectivity index (χ3v) is 10.9. The fourth-order valence-corrected chi connectivity index (χ4v) is 8.51. The molecule has 0 saturated carbocycles. The van der Waals surface area contributed by atoms with Gasteiger partial charge in [0.15, 0.2) is 18.3 Å². The molecule has 62 heavy (non-hydrogen) atoms. The minimum atomic E-state index is -1.46. The highest BCUT2D eigenvalue weighted by atomic mass is 32.2. The smallest absolute Gasteiger partial charge is 0.407 e. The lowest BCUT2D eigenvalue weighted by molar-refractivity contribution is -0.237. The number of esters is 5. The molecule has 3 aromatic carbocycles. The average Bonchev–Trinajstić information content (AvgIpc) is 3.52. The van der Waals surface area contributed by atoms with E-state index in [0.29, 0.717) is 5.56 Å². The highest BCUT2D eigenvalue weighted by Crippen LogP contribution is 2.44. The largest absolute Gasteiger partial charge is 0.463 e. The summed E-state index contributed by atoms with van der Waals surface area (Å²) >= 11 is 1.05. The van der Waals surface area contributed by atoms with E-state index in [-0.39, 0.29) is 18.3 Å². The number of fused-ring (bicyclic) bond motifs is 3. The molecule has 16 nitrogen and oxygen atoms in total. The van der Waals surface area contributed by atoms with Gasteiger partial charge in [0, 0.05) is 39.4 Å². The quantitative estimate of drug-likeness (QED) is 0.138. The number of amides is 2. The number of thioether (sulfide) groups is 1. The summed E-state index contributed by atoms with van der Waals surface area (Å²) < 4.78 is 39.4. The summed E-state index contributed by atoms with van der Waals surface area (Å²) in [6, 6.07) is 22.2. The third-order valence-electron chi connectivity index (χ3n) is 9.64. The van der Waals surface area contributed by atoms with Crippen LogP contribution < -0.4 is 10.6 Å². The van der Waals surface area contributed by atoms with Gasteiger partial charge < -0.3 is 43.8 Å². The number of ether oxygens (including phenoxy) is 7. The van der Waals surface area contributed by atoms with Crippen molar-refractivity contribution in [1.82, 2.24) is 10.6 Å². The third kappa shape index (κ3) is 13.0. The lowest BCUT2D eigenvalue weighted by atomic mass is 9.98. The van der Waals surface area contributed by atoms with Gasteiger partial charge in [0.05, 0.1) is 12.5 Å². The summed E-state index contributed by atoms with van der Waals surface area (Å²) in [5.74, 6) is -4.73. The Bertz CT molecular complexity index is 2060. The van der Waals surface area contributed by atoms with E-state index in [1.807, 2.05) is 48.5 Å². The van der Waals surface area contributed by atoms with E-state index in [1.165, 1.54) is 6.92 Å². The van der Waals surface area contributed by atoms with Crippen LogP contribution in [0, 0.1) is 0 Å². The molecule has 2 amide bonds. The lowest BCUT2D eigenvalue weighted by Gasteiger charge is -2.44. The fraction of sp³-hybridized carbons (Fsp3) is 0.444. The second-order valence-electron chi connectivity index (χ2n) is 15.7. The molecule has 5 rings (SSSR count). The Labute approximate surface area is 364 Å². The predicted molar refractivity (Wildman–Crippen MR) is 224 cm³/mol. The molecule has 0 radical (unpaired) electrons. The zero-order chi connectivity index (χ0) is 45.1. The molecular weight excluding hydrogens is 825 g/mol. The molecule has 7 atom stereocenters. The van der Waals surface area contributed by atoms with Crippen molar-refractivity contribution in [3.05, 3.63) is 95.6 Å². The zero-order valence-corrected chi connectivity index (χ0v) is 36.4. The minimum absolute atomic E-state index is 0.00754. The van der Waals surface area contributed by atoms with Gasteiger partial charge in [-0.15, -0.1) is 11.8 Å². The molecule has 1 heterocycles. The summed E-state index contributed by atoms with van der Waals surface area (Å²) in [5.41, 5.74) is 2.62. The molecule has 3 aromatic rings. The molecule has 0 spiro atoms. The maximum atomic E-state index is 14.3. The van der Waals surface area contributed by atoms with Crippen molar-refractivity contribution in [3.8, 4) is 11.1 Å². The van der Waals surface area contributed by atoms with Crippen molar-refractivity contribution in [2.75, 3.05) is 19.0 Å². The van der Waals surface area contributed by atoms with E-state index in [9.17, 15) is 33.6 Å². The number of benzene rings is 3. The standard InChI is InChI=1S/C45H52N2O14S/c1-25(48)55-23-37-39(57-26(2)49)40(58-27(3)50)41(59-28(4)51)43(60-37)62-24-36(29-15-9-8-10-16-29)46-42(53)35(21-38(52)61-45(5,6)7)47-44(54)56-22-34-32-19-13-11-17-30(32)31-18-12-14-20-33(31)34/h8-20,34-37,39-41,43H,21-24H2,1-7H3,(H,46,53)(H,47,54)/t35-,36+,37+,39+,40-,41-,43+/m0/s1. The Morgan fingerprint density at radius 1 is 0.661 bits per heavy atom. The highest BCUT2D eigenvalue weighted by Gasteiger charge is 2.52. The van der Waals surface area contributed by atoms with Crippen LogP contribution in [-0.4, -0.2) is 102 Å². The van der Waals surface area contributed by atoms with Crippen molar-refractivity contribution in [1.29, 1.82) is 0 Å². The van der Waals surface area contributed by atoms with Crippen molar-refractivity contribution >= 4 is 53.6 Å². The number of hydrogen-bond acceptors (Lipinski definition) is 15. The number of rotatable bonds is 16. The van der Waals surface area contributed by atoms with Crippen LogP contribution in [0.15, 0.2) is 78.9 Å². The SMILES string of the molecule is CC(=O)OC[C@H]1O[C@H](SC[C@@H](NC(=O)[C@H](CC(=O)OC(C)(C)C)NC(=O)OCC2c3ccccc3-c3ccccc32)c2ccccc2)[C@@H](OC(C)=O)[C@@H](OC(C)=O)[C@@H]1OC(C)=O. The van der Waals surface area contributed by atoms with Crippen LogP contribution >= 0.6 is 11.8 Å². The molecule has 1 aliphatic carbocycles. The molecule has 332 valence electrons. The van der Waals surface area contributed by atoms with Crippen LogP contribution in [0.1, 0.15) is 83.5 Å². The first-order chi connectivity index (χ1) is 29.4. The maximum absolute atomic E-state index is 14.3. The maximum Gasteiger partial charge on any atom is 0.407 e. The molecule has 17 heteroatoms. The van der Waals surface area contributed by atoms with Gasteiger partial charge in [0.2, 0.25) is 5.91 Å². The molecule has 0 aromatic heterocycles. The van der Waals surface area contributed by atoms with Crippen LogP contribution in [0.25, 0.3) is 11.1 Å². The molecule has 1 fully saturated rings. The second kappa shape index (κ2) is 21.2. The zero-order valence-electron chi connectivity index (χ0n) is 35.6. The van der Waals surface area contributed by atoms with Crippen molar-refractivity contribution < 1.29 is 66.7 Å². The number of hydrogen-bond donors (Lipinski definition) is 2. The van der Waals surface area contributed by atoms with Gasteiger partial charge in [-0.2, -0.15) is 0 Å². The highest BCUT2D eigenvalue weighted by molar-refractivity contribution is 7.99. The van der Waals surface area contributed by atoms with E-state index in [4.69, 9.17) is 33.2 Å². The van der Waals surface area contributed by atoms with Crippen molar-refractivity contribution in [2.24, 2.45) is 0 Å². The first-order valence-electron chi connectivity index (χ1n) is 20.0. The number of carbonyl (C=O) groups excluding carboxylic acids is 7. The van der Waals surface area contributed by atoms with Crippen LogP contribution in [0.5, 0.6) is 0 Å². The fourth-order valence-electron chi connectivity index (χ4n) is 7.23. The van der Waals surface area contributed by atoms with E-state index in [2.05, 4.69) is 10.6 Å². The van der Waals surface area contributed by atoms with Gasteiger partial charge in [0.1, 0.15) is 36.4 Å². The second-order valence-corrected chi connectivity index (χ2v) is 16.8.